The van der Waals surface area contributed by atoms with Gasteiger partial charge in [0.1, 0.15) is 4.32 Å². The van der Waals surface area contributed by atoms with Crippen LogP contribution in [0.15, 0.2) is 35.2 Å². The molecule has 3 nitrogen and oxygen atoms in total. The number of hydrogen-bond donors (Lipinski definition) is 0. The molecule has 0 saturated carbocycles. The van der Waals surface area contributed by atoms with E-state index in [9.17, 15) is 4.79 Å². The molecule has 2 fully saturated rings. The second-order valence-corrected chi connectivity index (χ2v) is 6.51. The molecule has 0 N–H and O–H groups in total. The summed E-state index contributed by atoms with van der Waals surface area (Å²) in [5.41, 5.74) is 1.02. The van der Waals surface area contributed by atoms with Crippen LogP contribution in [0.3, 0.4) is 0 Å². The zero-order chi connectivity index (χ0) is 13.9. The van der Waals surface area contributed by atoms with E-state index in [-0.39, 0.29) is 12.0 Å². The Morgan fingerprint density at radius 1 is 1.40 bits per heavy atom. The summed E-state index contributed by atoms with van der Waals surface area (Å²) in [6.45, 7) is 1.37. The van der Waals surface area contributed by atoms with E-state index in [0.29, 0.717) is 15.8 Å². The van der Waals surface area contributed by atoms with Crippen molar-refractivity contribution in [3.63, 3.8) is 0 Å². The first-order valence-corrected chi connectivity index (χ1v) is 7.88. The summed E-state index contributed by atoms with van der Waals surface area (Å²) in [5, 5.41) is 0. The molecule has 1 aromatic carbocycles. The highest BCUT2D eigenvalue weighted by atomic mass is 32.2. The molecule has 104 valence electrons. The fourth-order valence-electron chi connectivity index (χ4n) is 2.35. The maximum atomic E-state index is 12.4. The van der Waals surface area contributed by atoms with E-state index >= 15 is 0 Å². The van der Waals surface area contributed by atoms with Crippen molar-refractivity contribution in [2.75, 3.05) is 13.2 Å². The maximum absolute atomic E-state index is 12.4. The molecular weight excluding hydrogens is 290 g/mol. The molecule has 0 aliphatic carbocycles. The summed E-state index contributed by atoms with van der Waals surface area (Å²) in [6, 6.07) is 9.83. The topological polar surface area (TPSA) is 29.5 Å². The Hall–Kier alpha value is -1.17. The van der Waals surface area contributed by atoms with Crippen molar-refractivity contribution >= 4 is 40.3 Å². The van der Waals surface area contributed by atoms with Crippen molar-refractivity contribution in [1.82, 2.24) is 4.90 Å². The molecule has 2 saturated heterocycles. The minimum absolute atomic E-state index is 0.000599. The van der Waals surface area contributed by atoms with E-state index in [2.05, 4.69) is 0 Å². The highest BCUT2D eigenvalue weighted by Crippen LogP contribution is 2.33. The smallest absolute Gasteiger partial charge is 0.266 e. The Kier molecular flexibility index (Phi) is 4.19. The van der Waals surface area contributed by atoms with Crippen LogP contribution < -0.4 is 0 Å². The molecule has 3 rings (SSSR count). The molecule has 0 aromatic heterocycles. The summed E-state index contributed by atoms with van der Waals surface area (Å²) in [4.78, 5) is 14.8. The number of hydrogen-bond acceptors (Lipinski definition) is 4. The van der Waals surface area contributed by atoms with Crippen LogP contribution in [0.2, 0.25) is 0 Å². The fourth-order valence-corrected chi connectivity index (χ4v) is 3.63. The molecule has 1 amide bonds. The van der Waals surface area contributed by atoms with Crippen molar-refractivity contribution in [2.24, 2.45) is 0 Å². The quantitative estimate of drug-likeness (QED) is 0.634. The van der Waals surface area contributed by atoms with Crippen LogP contribution in [0.25, 0.3) is 6.08 Å². The molecule has 0 bridgehead atoms. The summed E-state index contributed by atoms with van der Waals surface area (Å²) in [5.74, 6) is -0.000599. The average molecular weight is 305 g/mol. The van der Waals surface area contributed by atoms with E-state index in [1.165, 1.54) is 11.8 Å². The number of thiocarbonyl (C=S) groups is 1. The predicted molar refractivity (Wildman–Crippen MR) is 85.3 cm³/mol. The monoisotopic (exact) mass is 305 g/mol. The van der Waals surface area contributed by atoms with Crippen LogP contribution in [0, 0.1) is 0 Å². The van der Waals surface area contributed by atoms with Crippen molar-refractivity contribution in [3.8, 4) is 0 Å². The first-order valence-electron chi connectivity index (χ1n) is 6.66. The standard InChI is InChI=1S/C15H15NO2S2/c17-14-13(9-11-5-2-1-3-6-11)20-15(19)16(14)10-12-7-4-8-18-12/h1-3,5-6,9,12H,4,7-8,10H2/b13-9-/t12-/m0/s1. The van der Waals surface area contributed by atoms with Crippen molar-refractivity contribution in [1.29, 1.82) is 0 Å². The Labute approximate surface area is 128 Å². The van der Waals surface area contributed by atoms with Gasteiger partial charge in [0.25, 0.3) is 5.91 Å². The Morgan fingerprint density at radius 2 is 2.20 bits per heavy atom. The van der Waals surface area contributed by atoms with Crippen LogP contribution >= 0.6 is 24.0 Å². The van der Waals surface area contributed by atoms with Gasteiger partial charge in [0.2, 0.25) is 0 Å². The normalized spacial score (nSPS) is 24.9. The summed E-state index contributed by atoms with van der Waals surface area (Å²) in [7, 11) is 0. The molecule has 0 radical (unpaired) electrons. The number of carbonyl (C=O) groups excluding carboxylic acids is 1. The van der Waals surface area contributed by atoms with Crippen LogP contribution in [0.1, 0.15) is 18.4 Å². The highest BCUT2D eigenvalue weighted by Gasteiger charge is 2.34. The third kappa shape index (κ3) is 2.95. The number of rotatable bonds is 3. The largest absolute Gasteiger partial charge is 0.376 e. The molecule has 0 spiro atoms. The van der Waals surface area contributed by atoms with E-state index < -0.39 is 0 Å². The van der Waals surface area contributed by atoms with E-state index in [4.69, 9.17) is 17.0 Å². The summed E-state index contributed by atoms with van der Waals surface area (Å²) in [6.07, 6.45) is 4.11. The van der Waals surface area contributed by atoms with Gasteiger partial charge in [-0.3, -0.25) is 9.69 Å². The third-order valence-corrected chi connectivity index (χ3v) is 4.76. The number of amides is 1. The molecule has 2 aliphatic heterocycles. The molecule has 2 aliphatic rings. The minimum atomic E-state index is -0.000599. The molecule has 5 heteroatoms. The lowest BCUT2D eigenvalue weighted by molar-refractivity contribution is -0.123. The van der Waals surface area contributed by atoms with Crippen LogP contribution in [0.4, 0.5) is 0 Å². The van der Waals surface area contributed by atoms with Gasteiger partial charge in [0, 0.05) is 6.61 Å². The van der Waals surface area contributed by atoms with Gasteiger partial charge in [-0.25, -0.2) is 0 Å². The number of carbonyl (C=O) groups is 1. The average Bonchev–Trinajstić information content (AvgIpc) is 3.05. The number of nitrogens with zero attached hydrogens (tertiary/aromatic N) is 1. The molecule has 20 heavy (non-hydrogen) atoms. The van der Waals surface area contributed by atoms with E-state index in [0.717, 1.165) is 25.0 Å². The number of thioether (sulfide) groups is 1. The molecule has 2 heterocycles. The first-order chi connectivity index (χ1) is 9.74. The Balaban J connectivity index is 1.74. The second kappa shape index (κ2) is 6.08. The third-order valence-electron chi connectivity index (χ3n) is 3.38. The van der Waals surface area contributed by atoms with Gasteiger partial charge in [-0.05, 0) is 24.5 Å². The predicted octanol–water partition coefficient (Wildman–Crippen LogP) is 3.07. The van der Waals surface area contributed by atoms with Gasteiger partial charge >= 0.3 is 0 Å². The molecule has 1 aromatic rings. The zero-order valence-corrected chi connectivity index (χ0v) is 12.6. The SMILES string of the molecule is O=C1/C(=C/c2ccccc2)SC(=S)N1C[C@@H]1CCCO1. The number of ether oxygens (including phenoxy) is 1. The van der Waals surface area contributed by atoms with Gasteiger partial charge in [-0.2, -0.15) is 0 Å². The maximum Gasteiger partial charge on any atom is 0.266 e. The van der Waals surface area contributed by atoms with Crippen LogP contribution in [-0.2, 0) is 9.53 Å². The van der Waals surface area contributed by atoms with Gasteiger partial charge in [0.05, 0.1) is 17.6 Å². The molecule has 1 atom stereocenters. The van der Waals surface area contributed by atoms with E-state index in [1.807, 2.05) is 36.4 Å². The zero-order valence-electron chi connectivity index (χ0n) is 11.0. The van der Waals surface area contributed by atoms with Crippen molar-refractivity contribution < 1.29 is 9.53 Å². The summed E-state index contributed by atoms with van der Waals surface area (Å²) >= 11 is 6.69. The van der Waals surface area contributed by atoms with Gasteiger partial charge < -0.3 is 4.74 Å². The van der Waals surface area contributed by atoms with Crippen molar-refractivity contribution in [2.45, 2.75) is 18.9 Å². The summed E-state index contributed by atoms with van der Waals surface area (Å²) < 4.78 is 6.21. The fraction of sp³-hybridized carbons (Fsp3) is 0.333. The molecule has 0 unspecified atom stereocenters. The van der Waals surface area contributed by atoms with Gasteiger partial charge in [0.15, 0.2) is 0 Å². The molecular formula is C15H15NO2S2. The Morgan fingerprint density at radius 3 is 2.90 bits per heavy atom. The van der Waals surface area contributed by atoms with E-state index in [1.54, 1.807) is 4.90 Å². The lowest BCUT2D eigenvalue weighted by Gasteiger charge is -2.18. The van der Waals surface area contributed by atoms with Gasteiger partial charge in [-0.15, -0.1) is 0 Å². The van der Waals surface area contributed by atoms with Crippen molar-refractivity contribution in [3.05, 3.63) is 40.8 Å². The second-order valence-electron chi connectivity index (χ2n) is 4.84. The lowest BCUT2D eigenvalue weighted by atomic mass is 10.2. The van der Waals surface area contributed by atoms with Crippen LogP contribution in [-0.4, -0.2) is 34.4 Å². The Bertz CT molecular complexity index is 550. The highest BCUT2D eigenvalue weighted by molar-refractivity contribution is 8.26. The first kappa shape index (κ1) is 13.8. The number of benzene rings is 1. The minimum Gasteiger partial charge on any atom is -0.376 e. The van der Waals surface area contributed by atoms with Gasteiger partial charge in [-0.1, -0.05) is 54.3 Å². The van der Waals surface area contributed by atoms with Crippen LogP contribution in [0.5, 0.6) is 0 Å². The lowest BCUT2D eigenvalue weighted by Crippen LogP contribution is -2.35.